The van der Waals surface area contributed by atoms with Gasteiger partial charge in [0.05, 0.1) is 36.4 Å². The number of hydrogen-bond donors (Lipinski definition) is 1. The number of imidazole rings is 1. The molecule has 0 spiro atoms. The van der Waals surface area contributed by atoms with Crippen LogP contribution in [0.1, 0.15) is 57.7 Å². The fourth-order valence-electron chi connectivity index (χ4n) is 3.47. The Bertz CT molecular complexity index is 635. The third-order valence-electron chi connectivity index (χ3n) is 4.67. The summed E-state index contributed by atoms with van der Waals surface area (Å²) in [5, 5.41) is 10.4. The van der Waals surface area contributed by atoms with Gasteiger partial charge in [0.2, 0.25) is 0 Å². The van der Waals surface area contributed by atoms with Crippen molar-refractivity contribution in [2.45, 2.75) is 70.6 Å². The van der Waals surface area contributed by atoms with E-state index in [2.05, 4.69) is 24.5 Å². The molecule has 4 nitrogen and oxygen atoms in total. The van der Waals surface area contributed by atoms with Gasteiger partial charge >= 0.3 is 0 Å². The van der Waals surface area contributed by atoms with Gasteiger partial charge in [-0.1, -0.05) is 45.2 Å². The van der Waals surface area contributed by atoms with Gasteiger partial charge in [-0.15, -0.1) is 12.4 Å². The second-order valence-electron chi connectivity index (χ2n) is 6.97. The van der Waals surface area contributed by atoms with Gasteiger partial charge in [0.25, 0.3) is 0 Å². The van der Waals surface area contributed by atoms with Crippen LogP contribution in [-0.2, 0) is 11.3 Å². The number of ether oxygens (including phenoxy) is 1. The van der Waals surface area contributed by atoms with Crippen molar-refractivity contribution >= 4 is 23.4 Å². The summed E-state index contributed by atoms with van der Waals surface area (Å²) in [6, 6.07) is 8.13. The Morgan fingerprint density at radius 2 is 1.92 bits per heavy atom. The van der Waals surface area contributed by atoms with Crippen LogP contribution in [0.4, 0.5) is 0 Å². The van der Waals surface area contributed by atoms with Gasteiger partial charge in [0.1, 0.15) is 5.82 Å². The Labute approximate surface area is 150 Å². The number of aromatic nitrogens is 2. The highest BCUT2D eigenvalue weighted by atomic mass is 35.5. The zero-order chi connectivity index (χ0) is 16.2. The van der Waals surface area contributed by atoms with Crippen molar-refractivity contribution in [2.24, 2.45) is 0 Å². The quantitative estimate of drug-likeness (QED) is 0.843. The van der Waals surface area contributed by atoms with E-state index in [1.165, 1.54) is 19.3 Å². The average molecular weight is 353 g/mol. The second-order valence-corrected chi connectivity index (χ2v) is 6.97. The molecule has 1 aromatic heterocycles. The van der Waals surface area contributed by atoms with Gasteiger partial charge in [-0.25, -0.2) is 4.98 Å². The monoisotopic (exact) mass is 352 g/mol. The third-order valence-corrected chi connectivity index (χ3v) is 4.67. The second kappa shape index (κ2) is 8.84. The summed E-state index contributed by atoms with van der Waals surface area (Å²) in [7, 11) is 0. The molecule has 1 saturated carbocycles. The molecule has 1 fully saturated rings. The van der Waals surface area contributed by atoms with Crippen LogP contribution in [0.25, 0.3) is 11.0 Å². The zero-order valence-corrected chi connectivity index (χ0v) is 15.5. The number of benzene rings is 1. The van der Waals surface area contributed by atoms with Gasteiger partial charge < -0.3 is 14.4 Å². The SMILES string of the molecule is CC(C)c1nc2ccccc2n1CC(O)COC1CCCCC1.Cl. The van der Waals surface area contributed by atoms with Crippen molar-refractivity contribution in [3.63, 3.8) is 0 Å². The normalized spacial score (nSPS) is 17.2. The van der Waals surface area contributed by atoms with Crippen LogP contribution >= 0.6 is 12.4 Å². The highest BCUT2D eigenvalue weighted by molar-refractivity contribution is 5.85. The van der Waals surface area contributed by atoms with Gasteiger partial charge in [0, 0.05) is 5.92 Å². The molecule has 0 bridgehead atoms. The lowest BCUT2D eigenvalue weighted by molar-refractivity contribution is -0.0282. The predicted octanol–water partition coefficient (Wildman–Crippen LogP) is 4.29. The molecule has 0 aliphatic heterocycles. The average Bonchev–Trinajstić information content (AvgIpc) is 2.93. The number of rotatable bonds is 6. The molecule has 1 aliphatic carbocycles. The third kappa shape index (κ3) is 4.50. The van der Waals surface area contributed by atoms with E-state index in [4.69, 9.17) is 9.72 Å². The molecule has 1 aliphatic rings. The summed E-state index contributed by atoms with van der Waals surface area (Å²) in [4.78, 5) is 4.73. The molecule has 0 saturated heterocycles. The number of hydrogen-bond acceptors (Lipinski definition) is 3. The highest BCUT2D eigenvalue weighted by Crippen LogP contribution is 2.23. The van der Waals surface area contributed by atoms with Crippen molar-refractivity contribution in [1.29, 1.82) is 0 Å². The Kier molecular flexibility index (Phi) is 7.08. The summed E-state index contributed by atoms with van der Waals surface area (Å²) in [6.45, 7) is 5.24. The molecule has 5 heteroatoms. The Morgan fingerprint density at radius 3 is 2.62 bits per heavy atom. The number of fused-ring (bicyclic) bond motifs is 1. The Hall–Kier alpha value is -1.10. The first-order valence-electron chi connectivity index (χ1n) is 8.90. The van der Waals surface area contributed by atoms with Crippen LogP contribution in [0.3, 0.4) is 0 Å². The number of aliphatic hydroxyl groups excluding tert-OH is 1. The molecule has 1 atom stereocenters. The van der Waals surface area contributed by atoms with Crippen LogP contribution < -0.4 is 0 Å². The molecular weight excluding hydrogens is 324 g/mol. The number of halogens is 1. The fourth-order valence-corrected chi connectivity index (χ4v) is 3.47. The van der Waals surface area contributed by atoms with Crippen molar-refractivity contribution < 1.29 is 9.84 Å². The number of aliphatic hydroxyl groups is 1. The summed E-state index contributed by atoms with van der Waals surface area (Å²) in [5.41, 5.74) is 2.09. The molecule has 1 aromatic carbocycles. The lowest BCUT2D eigenvalue weighted by atomic mass is 9.98. The summed E-state index contributed by atoms with van der Waals surface area (Å²) in [6.07, 6.45) is 5.95. The minimum atomic E-state index is -0.493. The molecule has 24 heavy (non-hydrogen) atoms. The Morgan fingerprint density at radius 1 is 1.21 bits per heavy atom. The first-order chi connectivity index (χ1) is 11.1. The van der Waals surface area contributed by atoms with E-state index in [1.54, 1.807) is 0 Å². The predicted molar refractivity (Wildman–Crippen MR) is 99.9 cm³/mol. The first-order valence-corrected chi connectivity index (χ1v) is 8.90. The Balaban J connectivity index is 0.00000208. The maximum atomic E-state index is 10.4. The van der Waals surface area contributed by atoms with E-state index in [0.717, 1.165) is 29.7 Å². The summed E-state index contributed by atoms with van der Waals surface area (Å²) < 4.78 is 8.07. The summed E-state index contributed by atoms with van der Waals surface area (Å²) in [5.74, 6) is 1.36. The van der Waals surface area contributed by atoms with Crippen LogP contribution in [0.5, 0.6) is 0 Å². The molecule has 1 N–H and O–H groups in total. The van der Waals surface area contributed by atoms with Gasteiger partial charge in [-0.3, -0.25) is 0 Å². The van der Waals surface area contributed by atoms with E-state index in [9.17, 15) is 5.11 Å². The first kappa shape index (κ1) is 19.2. The van der Waals surface area contributed by atoms with E-state index in [1.807, 2.05) is 18.2 Å². The number of para-hydroxylation sites is 2. The molecule has 1 unspecified atom stereocenters. The van der Waals surface area contributed by atoms with E-state index in [-0.39, 0.29) is 12.4 Å². The molecule has 3 rings (SSSR count). The molecule has 134 valence electrons. The fraction of sp³-hybridized carbons (Fsp3) is 0.632. The van der Waals surface area contributed by atoms with Crippen LogP contribution in [-0.4, -0.2) is 33.5 Å². The van der Waals surface area contributed by atoms with E-state index < -0.39 is 6.10 Å². The van der Waals surface area contributed by atoms with Gasteiger partial charge in [-0.05, 0) is 25.0 Å². The van der Waals surface area contributed by atoms with Crippen LogP contribution in [0, 0.1) is 0 Å². The standard InChI is InChI=1S/C19H28N2O2.ClH/c1-14(2)19-20-17-10-6-7-11-18(17)21(19)12-15(22)13-23-16-8-4-3-5-9-16;/h6-7,10-11,14-16,22H,3-5,8-9,12-13H2,1-2H3;1H. The molecule has 0 radical (unpaired) electrons. The molecule has 0 amide bonds. The lowest BCUT2D eigenvalue weighted by Gasteiger charge is -2.24. The van der Waals surface area contributed by atoms with E-state index in [0.29, 0.717) is 25.2 Å². The minimum absolute atomic E-state index is 0. The molecular formula is C19H29ClN2O2. The van der Waals surface area contributed by atoms with E-state index >= 15 is 0 Å². The zero-order valence-electron chi connectivity index (χ0n) is 14.6. The largest absolute Gasteiger partial charge is 0.389 e. The van der Waals surface area contributed by atoms with Crippen molar-refractivity contribution in [3.05, 3.63) is 30.1 Å². The highest BCUT2D eigenvalue weighted by Gasteiger charge is 2.19. The topological polar surface area (TPSA) is 47.3 Å². The van der Waals surface area contributed by atoms with Crippen molar-refractivity contribution in [1.82, 2.24) is 9.55 Å². The van der Waals surface area contributed by atoms with Crippen LogP contribution in [0.2, 0.25) is 0 Å². The minimum Gasteiger partial charge on any atom is -0.389 e. The van der Waals surface area contributed by atoms with Crippen LogP contribution in [0.15, 0.2) is 24.3 Å². The smallest absolute Gasteiger partial charge is 0.112 e. The number of nitrogens with zero attached hydrogens (tertiary/aromatic N) is 2. The molecule has 2 aromatic rings. The summed E-state index contributed by atoms with van der Waals surface area (Å²) >= 11 is 0. The lowest BCUT2D eigenvalue weighted by Crippen LogP contribution is -2.27. The maximum Gasteiger partial charge on any atom is 0.112 e. The van der Waals surface area contributed by atoms with Crippen molar-refractivity contribution in [3.8, 4) is 0 Å². The van der Waals surface area contributed by atoms with Gasteiger partial charge in [-0.2, -0.15) is 0 Å². The van der Waals surface area contributed by atoms with Crippen molar-refractivity contribution in [2.75, 3.05) is 6.61 Å². The van der Waals surface area contributed by atoms with Gasteiger partial charge in [0.15, 0.2) is 0 Å². The molecule has 1 heterocycles. The maximum absolute atomic E-state index is 10.4.